The van der Waals surface area contributed by atoms with Gasteiger partial charge >= 0.3 is 29.6 Å². The number of halogens is 1. The van der Waals surface area contributed by atoms with Crippen LogP contribution in [0.2, 0.25) is 0 Å². The Hall–Kier alpha value is 0.570. The Morgan fingerprint density at radius 3 is 2.29 bits per heavy atom. The average Bonchev–Trinajstić information content (AvgIpc) is 2.11. The zero-order chi connectivity index (χ0) is 10.1. The first-order valence-electron chi connectivity index (χ1n) is 3.93. The van der Waals surface area contributed by atoms with Crippen LogP contribution in [0, 0.1) is 3.70 Å². The summed E-state index contributed by atoms with van der Waals surface area (Å²) in [7, 11) is 0. The second kappa shape index (κ2) is 11.6. The summed E-state index contributed by atoms with van der Waals surface area (Å²) in [5.74, 6) is 0.586. The fraction of sp³-hybridized carbons (Fsp3) is 0.500. The molecule has 0 radical (unpaired) electrons. The molecule has 1 aromatic heterocycles. The molecule has 0 aliphatic rings. The summed E-state index contributed by atoms with van der Waals surface area (Å²) in [5.41, 5.74) is 0. The Balaban J connectivity index is 0. The molecule has 0 unspecified atom stereocenters. The predicted molar refractivity (Wildman–Crippen MR) is 56.5 cm³/mol. The molecule has 6 heteroatoms. The maximum absolute atomic E-state index is 8.93. The molecule has 0 N–H and O–H groups in total. The Morgan fingerprint density at radius 1 is 1.36 bits per heavy atom. The van der Waals surface area contributed by atoms with Crippen molar-refractivity contribution in [3.05, 3.63) is 16.1 Å². The van der Waals surface area contributed by atoms with E-state index >= 15 is 0 Å². The molecule has 0 aromatic carbocycles. The summed E-state index contributed by atoms with van der Waals surface area (Å²) < 4.78 is 5.96. The molecule has 0 saturated heterocycles. The predicted octanol–water partition coefficient (Wildman–Crippen LogP) is -2.15. The SMILES string of the molecule is CCOc1cnc(I)cn1.CC[O-].[Na+]. The molecule has 0 spiro atoms. The van der Waals surface area contributed by atoms with E-state index in [0.29, 0.717) is 12.5 Å². The molecule has 0 fully saturated rings. The number of ether oxygens (including phenoxy) is 1. The van der Waals surface area contributed by atoms with E-state index in [9.17, 15) is 0 Å². The van der Waals surface area contributed by atoms with Gasteiger partial charge in [-0.25, -0.2) is 9.97 Å². The largest absolute Gasteiger partial charge is 1.00 e. The van der Waals surface area contributed by atoms with Crippen LogP contribution in [0.3, 0.4) is 0 Å². The summed E-state index contributed by atoms with van der Waals surface area (Å²) >= 11 is 2.10. The van der Waals surface area contributed by atoms with E-state index in [-0.39, 0.29) is 36.2 Å². The fourth-order valence-electron chi connectivity index (χ4n) is 0.523. The van der Waals surface area contributed by atoms with Gasteiger partial charge in [-0.15, -0.1) is 6.61 Å². The normalized spacial score (nSPS) is 8.00. The Labute approximate surface area is 120 Å². The third-order valence-corrected chi connectivity index (χ3v) is 1.45. The van der Waals surface area contributed by atoms with Gasteiger partial charge in [-0.2, -0.15) is 0 Å². The van der Waals surface area contributed by atoms with E-state index in [2.05, 4.69) is 32.6 Å². The number of nitrogens with zero attached hydrogens (tertiary/aromatic N) is 2. The summed E-state index contributed by atoms with van der Waals surface area (Å²) in [6, 6.07) is 0. The Bertz CT molecular complexity index is 221. The van der Waals surface area contributed by atoms with Gasteiger partial charge in [0.2, 0.25) is 5.88 Å². The topological polar surface area (TPSA) is 58.1 Å². The standard InChI is InChI=1S/C6H7IN2O.C2H5O.Na/c1-2-10-6-4-8-5(7)3-9-6;1-2-3;/h3-4H,2H2,1H3;2H2,1H3;/q;-1;+1. The quantitative estimate of drug-likeness (QED) is 0.461. The first-order chi connectivity index (χ1) is 6.24. The van der Waals surface area contributed by atoms with Crippen LogP contribution >= 0.6 is 22.6 Å². The van der Waals surface area contributed by atoms with Gasteiger partial charge in [0.05, 0.1) is 19.0 Å². The van der Waals surface area contributed by atoms with Gasteiger partial charge in [0.1, 0.15) is 3.70 Å². The van der Waals surface area contributed by atoms with Crippen molar-refractivity contribution in [3.63, 3.8) is 0 Å². The van der Waals surface area contributed by atoms with Crippen LogP contribution in [0.5, 0.6) is 5.88 Å². The van der Waals surface area contributed by atoms with Crippen molar-refractivity contribution in [2.75, 3.05) is 13.2 Å². The number of aromatic nitrogens is 2. The van der Waals surface area contributed by atoms with Crippen molar-refractivity contribution in [1.82, 2.24) is 9.97 Å². The molecule has 4 nitrogen and oxygen atoms in total. The molecule has 0 aliphatic heterocycles. The zero-order valence-electron chi connectivity index (χ0n) is 8.66. The van der Waals surface area contributed by atoms with Crippen LogP contribution in [-0.4, -0.2) is 23.2 Å². The monoisotopic (exact) mass is 318 g/mol. The van der Waals surface area contributed by atoms with Crippen molar-refractivity contribution in [2.24, 2.45) is 0 Å². The van der Waals surface area contributed by atoms with E-state index in [0.717, 1.165) is 3.70 Å². The van der Waals surface area contributed by atoms with E-state index in [1.165, 1.54) is 0 Å². The molecule has 74 valence electrons. The van der Waals surface area contributed by atoms with Gasteiger partial charge in [-0.1, -0.05) is 6.92 Å². The molecule has 1 rings (SSSR count). The molecule has 0 saturated carbocycles. The minimum atomic E-state index is 0. The summed E-state index contributed by atoms with van der Waals surface area (Å²) in [5, 5.41) is 8.93. The van der Waals surface area contributed by atoms with Gasteiger partial charge < -0.3 is 9.84 Å². The van der Waals surface area contributed by atoms with Crippen LogP contribution in [0.1, 0.15) is 13.8 Å². The van der Waals surface area contributed by atoms with Gasteiger partial charge in [-0.05, 0) is 29.5 Å². The molecule has 0 amide bonds. The maximum Gasteiger partial charge on any atom is 1.00 e. The second-order valence-corrected chi connectivity index (χ2v) is 3.00. The fourth-order valence-corrected chi connectivity index (χ4v) is 0.801. The summed E-state index contributed by atoms with van der Waals surface area (Å²) in [6.45, 7) is 4.12. The van der Waals surface area contributed by atoms with Crippen molar-refractivity contribution < 1.29 is 39.4 Å². The summed E-state index contributed by atoms with van der Waals surface area (Å²) in [6.07, 6.45) is 3.29. The van der Waals surface area contributed by atoms with E-state index in [1.54, 1.807) is 19.3 Å². The first-order valence-corrected chi connectivity index (χ1v) is 5.00. The minimum Gasteiger partial charge on any atom is -0.855 e. The number of hydrogen-bond donors (Lipinski definition) is 0. The molecule has 0 aliphatic carbocycles. The minimum absolute atomic E-state index is 0. The molecular weight excluding hydrogens is 306 g/mol. The zero-order valence-corrected chi connectivity index (χ0v) is 12.8. The van der Waals surface area contributed by atoms with E-state index in [4.69, 9.17) is 9.84 Å². The molecule has 14 heavy (non-hydrogen) atoms. The molecular formula is C8H12IN2NaO2. The van der Waals surface area contributed by atoms with Crippen LogP contribution in [0.25, 0.3) is 0 Å². The van der Waals surface area contributed by atoms with E-state index in [1.807, 2.05) is 6.92 Å². The van der Waals surface area contributed by atoms with Crippen molar-refractivity contribution >= 4 is 22.6 Å². The third-order valence-electron chi connectivity index (χ3n) is 0.889. The van der Waals surface area contributed by atoms with Crippen LogP contribution < -0.4 is 39.4 Å². The van der Waals surface area contributed by atoms with Gasteiger partial charge in [0.15, 0.2) is 0 Å². The van der Waals surface area contributed by atoms with Crippen molar-refractivity contribution in [2.45, 2.75) is 13.8 Å². The number of hydrogen-bond acceptors (Lipinski definition) is 4. The van der Waals surface area contributed by atoms with E-state index < -0.39 is 0 Å². The number of rotatable bonds is 2. The van der Waals surface area contributed by atoms with Gasteiger partial charge in [0.25, 0.3) is 0 Å². The maximum atomic E-state index is 8.93. The first kappa shape index (κ1) is 17.0. The van der Waals surface area contributed by atoms with Gasteiger partial charge in [-0.3, -0.25) is 0 Å². The second-order valence-electron chi connectivity index (χ2n) is 1.90. The smallest absolute Gasteiger partial charge is 0.855 e. The molecule has 0 bridgehead atoms. The van der Waals surface area contributed by atoms with Crippen LogP contribution in [-0.2, 0) is 0 Å². The average molecular weight is 318 g/mol. The Morgan fingerprint density at radius 2 is 1.93 bits per heavy atom. The van der Waals surface area contributed by atoms with Crippen molar-refractivity contribution in [1.29, 1.82) is 0 Å². The molecule has 0 atom stereocenters. The van der Waals surface area contributed by atoms with Crippen LogP contribution in [0.15, 0.2) is 12.4 Å². The molecule has 1 heterocycles. The summed E-state index contributed by atoms with van der Waals surface area (Å²) in [4.78, 5) is 7.97. The molecule has 1 aromatic rings. The third kappa shape index (κ3) is 9.14. The van der Waals surface area contributed by atoms with Crippen LogP contribution in [0.4, 0.5) is 0 Å². The van der Waals surface area contributed by atoms with Crippen molar-refractivity contribution in [3.8, 4) is 5.88 Å². The van der Waals surface area contributed by atoms with Gasteiger partial charge in [0, 0.05) is 0 Å². The Kier molecular flexibility index (Phi) is 14.1.